The molecule has 1 saturated carbocycles. The Morgan fingerprint density at radius 3 is 2.00 bits per heavy atom. The minimum absolute atomic E-state index is 0.453. The van der Waals surface area contributed by atoms with Crippen LogP contribution in [0.25, 0.3) is 0 Å². The second-order valence-electron chi connectivity index (χ2n) is 6.65. The van der Waals surface area contributed by atoms with Gasteiger partial charge in [0.05, 0.1) is 0 Å². The molecular weight excluding hydrogens is 184 g/mol. The van der Waals surface area contributed by atoms with Crippen LogP contribution in [0.3, 0.4) is 0 Å². The molecule has 15 heavy (non-hydrogen) atoms. The van der Waals surface area contributed by atoms with Gasteiger partial charge in [0, 0.05) is 38.8 Å². The first-order valence-corrected chi connectivity index (χ1v) is 6.42. The predicted octanol–water partition coefficient (Wildman–Crippen LogP) is 2.06. The molecule has 2 atom stereocenters. The molecule has 1 saturated heterocycles. The fraction of sp³-hybridized carbons (Fsp3) is 1.00. The summed E-state index contributed by atoms with van der Waals surface area (Å²) in [6.07, 6.45) is 1.44. The first-order valence-electron chi connectivity index (χ1n) is 6.42. The van der Waals surface area contributed by atoms with E-state index in [0.29, 0.717) is 5.41 Å². The van der Waals surface area contributed by atoms with Gasteiger partial charge in [-0.15, -0.1) is 0 Å². The summed E-state index contributed by atoms with van der Waals surface area (Å²) < 4.78 is 0. The van der Waals surface area contributed by atoms with E-state index in [-0.39, 0.29) is 0 Å². The second kappa shape index (κ2) is 4.06. The molecule has 0 aromatic heterocycles. The van der Waals surface area contributed by atoms with Crippen LogP contribution in [0, 0.1) is 11.3 Å². The van der Waals surface area contributed by atoms with Crippen molar-refractivity contribution in [1.29, 1.82) is 0 Å². The molecule has 0 bridgehead atoms. The SMILES string of the molecule is CC1CC1N1CCN(CC(C)(C)C)CC1. The third-order valence-corrected chi connectivity index (χ3v) is 3.64. The molecule has 0 amide bonds. The normalized spacial score (nSPS) is 34.4. The zero-order chi connectivity index (χ0) is 11.1. The number of hydrogen-bond donors (Lipinski definition) is 0. The molecule has 88 valence electrons. The van der Waals surface area contributed by atoms with Crippen molar-refractivity contribution in [1.82, 2.24) is 9.80 Å². The van der Waals surface area contributed by atoms with Crippen molar-refractivity contribution in [3.05, 3.63) is 0 Å². The topological polar surface area (TPSA) is 6.48 Å². The monoisotopic (exact) mass is 210 g/mol. The molecular formula is C13H26N2. The molecule has 0 aromatic rings. The van der Waals surface area contributed by atoms with Gasteiger partial charge in [0.15, 0.2) is 0 Å². The molecule has 2 rings (SSSR count). The average molecular weight is 210 g/mol. The lowest BCUT2D eigenvalue weighted by atomic mass is 9.96. The lowest BCUT2D eigenvalue weighted by molar-refractivity contribution is 0.0954. The number of nitrogens with zero attached hydrogens (tertiary/aromatic N) is 2. The molecule has 1 heterocycles. The Labute approximate surface area is 94.6 Å². The van der Waals surface area contributed by atoms with Gasteiger partial charge in [0.2, 0.25) is 0 Å². The Hall–Kier alpha value is -0.0800. The summed E-state index contributed by atoms with van der Waals surface area (Å²) in [5.74, 6) is 0.971. The van der Waals surface area contributed by atoms with E-state index in [4.69, 9.17) is 0 Å². The van der Waals surface area contributed by atoms with Crippen LogP contribution in [0.4, 0.5) is 0 Å². The van der Waals surface area contributed by atoms with Crippen molar-refractivity contribution in [2.24, 2.45) is 11.3 Å². The summed E-state index contributed by atoms with van der Waals surface area (Å²) in [7, 11) is 0. The molecule has 2 unspecified atom stereocenters. The summed E-state index contributed by atoms with van der Waals surface area (Å²) in [6, 6.07) is 0.932. The fourth-order valence-corrected chi connectivity index (χ4v) is 2.74. The van der Waals surface area contributed by atoms with Crippen molar-refractivity contribution in [3.63, 3.8) is 0 Å². The highest BCUT2D eigenvalue weighted by Crippen LogP contribution is 2.35. The fourth-order valence-electron chi connectivity index (χ4n) is 2.74. The van der Waals surface area contributed by atoms with Gasteiger partial charge >= 0.3 is 0 Å². The Balaban J connectivity index is 1.72. The lowest BCUT2D eigenvalue weighted by Crippen LogP contribution is -2.49. The summed E-state index contributed by atoms with van der Waals surface area (Å²) in [5, 5.41) is 0. The van der Waals surface area contributed by atoms with Gasteiger partial charge in [-0.1, -0.05) is 27.7 Å². The largest absolute Gasteiger partial charge is 0.300 e. The van der Waals surface area contributed by atoms with Crippen LogP contribution in [-0.2, 0) is 0 Å². The zero-order valence-electron chi connectivity index (χ0n) is 10.8. The smallest absolute Gasteiger partial charge is 0.0126 e. The zero-order valence-corrected chi connectivity index (χ0v) is 10.8. The molecule has 2 aliphatic rings. The summed E-state index contributed by atoms with van der Waals surface area (Å²) in [6.45, 7) is 15.8. The molecule has 0 spiro atoms. The molecule has 0 aromatic carbocycles. The predicted molar refractivity (Wildman–Crippen MR) is 65.0 cm³/mol. The van der Waals surface area contributed by atoms with E-state index < -0.39 is 0 Å². The van der Waals surface area contributed by atoms with E-state index >= 15 is 0 Å². The van der Waals surface area contributed by atoms with Crippen LogP contribution in [-0.4, -0.2) is 48.6 Å². The van der Waals surface area contributed by atoms with Gasteiger partial charge in [-0.3, -0.25) is 4.90 Å². The minimum Gasteiger partial charge on any atom is -0.300 e. The molecule has 0 N–H and O–H groups in total. The van der Waals surface area contributed by atoms with Crippen LogP contribution in [0.2, 0.25) is 0 Å². The molecule has 2 nitrogen and oxygen atoms in total. The summed E-state index contributed by atoms with van der Waals surface area (Å²) in [4.78, 5) is 5.33. The lowest BCUT2D eigenvalue weighted by Gasteiger charge is -2.38. The van der Waals surface area contributed by atoms with Crippen molar-refractivity contribution in [3.8, 4) is 0 Å². The van der Waals surface area contributed by atoms with Crippen LogP contribution >= 0.6 is 0 Å². The van der Waals surface area contributed by atoms with Crippen LogP contribution in [0.1, 0.15) is 34.1 Å². The first kappa shape index (κ1) is 11.4. The summed E-state index contributed by atoms with van der Waals surface area (Å²) >= 11 is 0. The standard InChI is InChI=1S/C13H26N2/c1-11-9-12(11)15-7-5-14(6-8-15)10-13(2,3)4/h11-12H,5-10H2,1-4H3. The van der Waals surface area contributed by atoms with Gasteiger partial charge in [-0.05, 0) is 17.8 Å². The average Bonchev–Trinajstić information content (AvgIpc) is 2.81. The van der Waals surface area contributed by atoms with E-state index in [0.717, 1.165) is 12.0 Å². The van der Waals surface area contributed by atoms with Gasteiger partial charge < -0.3 is 4.90 Å². The van der Waals surface area contributed by atoms with Gasteiger partial charge in [0.1, 0.15) is 0 Å². The van der Waals surface area contributed by atoms with E-state index in [1.165, 1.54) is 39.1 Å². The molecule has 0 radical (unpaired) electrons. The van der Waals surface area contributed by atoms with Gasteiger partial charge in [0.25, 0.3) is 0 Å². The summed E-state index contributed by atoms with van der Waals surface area (Å²) in [5.41, 5.74) is 0.453. The maximum Gasteiger partial charge on any atom is 0.0126 e. The van der Waals surface area contributed by atoms with Gasteiger partial charge in [-0.25, -0.2) is 0 Å². The van der Waals surface area contributed by atoms with Crippen molar-refractivity contribution < 1.29 is 0 Å². The Bertz CT molecular complexity index is 211. The molecule has 1 aliphatic carbocycles. The van der Waals surface area contributed by atoms with E-state index in [1.54, 1.807) is 0 Å². The highest BCUT2D eigenvalue weighted by molar-refractivity contribution is 4.94. The van der Waals surface area contributed by atoms with Crippen LogP contribution < -0.4 is 0 Å². The maximum atomic E-state index is 2.70. The molecule has 2 fully saturated rings. The second-order valence-corrected chi connectivity index (χ2v) is 6.65. The van der Waals surface area contributed by atoms with E-state index in [1.807, 2.05) is 0 Å². The van der Waals surface area contributed by atoms with Gasteiger partial charge in [-0.2, -0.15) is 0 Å². The quantitative estimate of drug-likeness (QED) is 0.688. The van der Waals surface area contributed by atoms with Crippen molar-refractivity contribution in [2.45, 2.75) is 40.2 Å². The number of piperazine rings is 1. The Kier molecular flexibility index (Phi) is 3.09. The highest BCUT2D eigenvalue weighted by Gasteiger charge is 2.39. The Morgan fingerprint density at radius 2 is 1.60 bits per heavy atom. The van der Waals surface area contributed by atoms with E-state index in [9.17, 15) is 0 Å². The third kappa shape index (κ3) is 3.18. The number of rotatable bonds is 2. The molecule has 2 heteroatoms. The first-order chi connectivity index (χ1) is 6.96. The van der Waals surface area contributed by atoms with E-state index in [2.05, 4.69) is 37.5 Å². The Morgan fingerprint density at radius 1 is 1.07 bits per heavy atom. The van der Waals surface area contributed by atoms with Crippen molar-refractivity contribution >= 4 is 0 Å². The molecule has 1 aliphatic heterocycles. The van der Waals surface area contributed by atoms with Crippen LogP contribution in [0.15, 0.2) is 0 Å². The minimum atomic E-state index is 0.453. The number of hydrogen-bond acceptors (Lipinski definition) is 2. The third-order valence-electron chi connectivity index (χ3n) is 3.64. The maximum absolute atomic E-state index is 2.70. The highest BCUT2D eigenvalue weighted by atomic mass is 15.3. The van der Waals surface area contributed by atoms with Crippen LogP contribution in [0.5, 0.6) is 0 Å². The van der Waals surface area contributed by atoms with Crippen molar-refractivity contribution in [2.75, 3.05) is 32.7 Å².